The van der Waals surface area contributed by atoms with Crippen molar-refractivity contribution in [1.29, 1.82) is 0 Å². The van der Waals surface area contributed by atoms with Crippen LogP contribution in [-0.2, 0) is 0 Å². The van der Waals surface area contributed by atoms with E-state index in [0.29, 0.717) is 0 Å². The van der Waals surface area contributed by atoms with Crippen LogP contribution in [0.1, 0.15) is 5.69 Å². The van der Waals surface area contributed by atoms with Gasteiger partial charge in [-0.2, -0.15) is 0 Å². The average Bonchev–Trinajstić information content (AvgIpc) is 1.89. The first kappa shape index (κ1) is 6.08. The molecule has 0 atom stereocenters. The van der Waals surface area contributed by atoms with Gasteiger partial charge in [-0.1, -0.05) is 0 Å². The third-order valence-electron chi connectivity index (χ3n) is 1.18. The van der Waals surface area contributed by atoms with Gasteiger partial charge >= 0.3 is 0 Å². The van der Waals surface area contributed by atoms with Crippen molar-refractivity contribution in [3.8, 4) is 5.75 Å². The molecule has 0 amide bonds. The van der Waals surface area contributed by atoms with E-state index in [2.05, 4.69) is 4.98 Å². The lowest BCUT2D eigenvalue weighted by Gasteiger charge is -1.99. The van der Waals surface area contributed by atoms with Crippen molar-refractivity contribution in [3.05, 3.63) is 24.0 Å². The molecule has 1 heterocycles. The Bertz CT molecular complexity index is 198. The largest absolute Gasteiger partial charge is 0.495 e. The maximum Gasteiger partial charge on any atom is 0.140 e. The Morgan fingerprint density at radius 2 is 2.33 bits per heavy atom. The van der Waals surface area contributed by atoms with Crippen LogP contribution in [-0.4, -0.2) is 12.1 Å². The van der Waals surface area contributed by atoms with E-state index in [9.17, 15) is 0 Å². The monoisotopic (exact) mass is 123 g/mol. The number of pyridine rings is 1. The summed E-state index contributed by atoms with van der Waals surface area (Å²) in [4.78, 5) is 4.02. The Morgan fingerprint density at radius 3 is 2.78 bits per heavy atom. The molecule has 0 radical (unpaired) electrons. The van der Waals surface area contributed by atoms with Crippen LogP contribution in [0.3, 0.4) is 0 Å². The molecule has 48 valence electrons. The van der Waals surface area contributed by atoms with Crippen molar-refractivity contribution in [2.24, 2.45) is 0 Å². The van der Waals surface area contributed by atoms with Gasteiger partial charge in [-0.15, -0.1) is 0 Å². The number of methoxy groups -OCH3 is 1. The number of ether oxygens (including phenoxy) is 1. The summed E-state index contributed by atoms with van der Waals surface area (Å²) in [6.07, 6.45) is 1.75. The minimum Gasteiger partial charge on any atom is -0.495 e. The van der Waals surface area contributed by atoms with Gasteiger partial charge < -0.3 is 4.74 Å². The summed E-state index contributed by atoms with van der Waals surface area (Å²) in [5, 5.41) is 0. The van der Waals surface area contributed by atoms with E-state index in [0.717, 1.165) is 11.4 Å². The molecule has 0 bridgehead atoms. The van der Waals surface area contributed by atoms with Gasteiger partial charge in [0.1, 0.15) is 5.75 Å². The van der Waals surface area contributed by atoms with Gasteiger partial charge in [0, 0.05) is 6.20 Å². The van der Waals surface area contributed by atoms with Gasteiger partial charge in [-0.3, -0.25) is 4.98 Å². The molecule has 0 unspecified atom stereocenters. The lowest BCUT2D eigenvalue weighted by molar-refractivity contribution is 0.409. The summed E-state index contributed by atoms with van der Waals surface area (Å²) in [6, 6.07) is 3.74. The van der Waals surface area contributed by atoms with Crippen molar-refractivity contribution in [3.63, 3.8) is 0 Å². The summed E-state index contributed by atoms with van der Waals surface area (Å²) >= 11 is 0. The molecule has 9 heavy (non-hydrogen) atoms. The quantitative estimate of drug-likeness (QED) is 0.563. The molecule has 0 aliphatic rings. The second-order valence-electron chi connectivity index (χ2n) is 1.79. The van der Waals surface area contributed by atoms with Crippen LogP contribution >= 0.6 is 0 Å². The van der Waals surface area contributed by atoms with Crippen molar-refractivity contribution in [2.45, 2.75) is 6.92 Å². The minimum atomic E-state index is 0.845. The highest BCUT2D eigenvalue weighted by Gasteiger charge is 1.92. The molecular weight excluding hydrogens is 114 g/mol. The van der Waals surface area contributed by atoms with Gasteiger partial charge in [-0.05, 0) is 19.1 Å². The fourth-order valence-corrected chi connectivity index (χ4v) is 0.685. The Morgan fingerprint density at radius 1 is 1.56 bits per heavy atom. The first-order valence-electron chi connectivity index (χ1n) is 2.80. The Hall–Kier alpha value is -1.05. The number of nitrogens with zero attached hydrogens (tertiary/aromatic N) is 1. The summed E-state index contributed by atoms with van der Waals surface area (Å²) in [5.41, 5.74) is 0.931. The summed E-state index contributed by atoms with van der Waals surface area (Å²) in [7, 11) is 1.64. The SMILES string of the molecule is COc1cccnc1C. The van der Waals surface area contributed by atoms with Crippen LogP contribution in [0.2, 0.25) is 0 Å². The Balaban J connectivity index is 3.01. The van der Waals surface area contributed by atoms with Crippen LogP contribution in [0, 0.1) is 6.92 Å². The summed E-state index contributed by atoms with van der Waals surface area (Å²) in [6.45, 7) is 1.92. The molecule has 0 N–H and O–H groups in total. The highest BCUT2D eigenvalue weighted by molar-refractivity contribution is 5.24. The molecule has 1 rings (SSSR count). The van der Waals surface area contributed by atoms with E-state index < -0.39 is 0 Å². The standard InChI is InChI=1S/C7H9NO/c1-6-7(9-2)4-3-5-8-6/h3-5H,1-2H3. The van der Waals surface area contributed by atoms with Crippen LogP contribution in [0.4, 0.5) is 0 Å². The normalized spacial score (nSPS) is 9.11. The topological polar surface area (TPSA) is 22.1 Å². The molecule has 1 aromatic heterocycles. The lowest BCUT2D eigenvalue weighted by atomic mass is 10.3. The average molecular weight is 123 g/mol. The summed E-state index contributed by atoms with van der Waals surface area (Å²) < 4.78 is 4.98. The summed E-state index contributed by atoms with van der Waals surface area (Å²) in [5.74, 6) is 0.845. The lowest BCUT2D eigenvalue weighted by Crippen LogP contribution is -1.87. The molecule has 0 spiro atoms. The molecule has 1 aromatic rings. The number of aryl methyl sites for hydroxylation is 1. The fourth-order valence-electron chi connectivity index (χ4n) is 0.685. The zero-order valence-corrected chi connectivity index (χ0v) is 5.59. The van der Waals surface area contributed by atoms with Gasteiger partial charge in [0.05, 0.1) is 12.8 Å². The predicted octanol–water partition coefficient (Wildman–Crippen LogP) is 1.40. The molecule has 0 aromatic carbocycles. The van der Waals surface area contributed by atoms with Crippen molar-refractivity contribution in [2.75, 3.05) is 7.11 Å². The van der Waals surface area contributed by atoms with Crippen LogP contribution in [0.15, 0.2) is 18.3 Å². The van der Waals surface area contributed by atoms with Crippen LogP contribution in [0.25, 0.3) is 0 Å². The molecule has 0 saturated heterocycles. The van der Waals surface area contributed by atoms with E-state index >= 15 is 0 Å². The van der Waals surface area contributed by atoms with Crippen molar-refractivity contribution >= 4 is 0 Å². The zero-order valence-electron chi connectivity index (χ0n) is 5.59. The van der Waals surface area contributed by atoms with Gasteiger partial charge in [-0.25, -0.2) is 0 Å². The first-order chi connectivity index (χ1) is 4.34. The molecular formula is C7H9NO. The minimum absolute atomic E-state index is 0.845. The van der Waals surface area contributed by atoms with E-state index in [1.165, 1.54) is 0 Å². The van der Waals surface area contributed by atoms with Crippen LogP contribution < -0.4 is 4.74 Å². The number of hydrogen-bond acceptors (Lipinski definition) is 2. The number of rotatable bonds is 1. The molecule has 0 aliphatic carbocycles. The smallest absolute Gasteiger partial charge is 0.140 e. The van der Waals surface area contributed by atoms with E-state index in [1.807, 2.05) is 19.1 Å². The maximum atomic E-state index is 4.98. The van der Waals surface area contributed by atoms with Gasteiger partial charge in [0.15, 0.2) is 0 Å². The van der Waals surface area contributed by atoms with Crippen molar-refractivity contribution < 1.29 is 4.74 Å². The van der Waals surface area contributed by atoms with Crippen molar-refractivity contribution in [1.82, 2.24) is 4.98 Å². The van der Waals surface area contributed by atoms with Crippen LogP contribution in [0.5, 0.6) is 5.75 Å². The molecule has 0 saturated carbocycles. The number of aromatic nitrogens is 1. The highest BCUT2D eigenvalue weighted by atomic mass is 16.5. The van der Waals surface area contributed by atoms with E-state index in [4.69, 9.17) is 4.74 Å². The molecule has 0 fully saturated rings. The third-order valence-corrected chi connectivity index (χ3v) is 1.18. The maximum absolute atomic E-state index is 4.98. The number of hydrogen-bond donors (Lipinski definition) is 0. The third kappa shape index (κ3) is 1.19. The first-order valence-corrected chi connectivity index (χ1v) is 2.80. The second-order valence-corrected chi connectivity index (χ2v) is 1.79. The molecule has 2 heteroatoms. The Kier molecular flexibility index (Phi) is 1.68. The highest BCUT2D eigenvalue weighted by Crippen LogP contribution is 2.11. The fraction of sp³-hybridized carbons (Fsp3) is 0.286. The molecule has 2 nitrogen and oxygen atoms in total. The Labute approximate surface area is 54.5 Å². The van der Waals surface area contributed by atoms with Gasteiger partial charge in [0.25, 0.3) is 0 Å². The predicted molar refractivity (Wildman–Crippen MR) is 35.5 cm³/mol. The van der Waals surface area contributed by atoms with E-state index in [1.54, 1.807) is 13.3 Å². The second kappa shape index (κ2) is 2.49. The molecule has 0 aliphatic heterocycles. The zero-order chi connectivity index (χ0) is 6.69. The van der Waals surface area contributed by atoms with E-state index in [-0.39, 0.29) is 0 Å². The van der Waals surface area contributed by atoms with Gasteiger partial charge in [0.2, 0.25) is 0 Å².